The van der Waals surface area contributed by atoms with Crippen molar-refractivity contribution in [1.82, 2.24) is 19.7 Å². The molecule has 118 valence electrons. The van der Waals surface area contributed by atoms with Gasteiger partial charge in [-0.25, -0.2) is 9.67 Å². The van der Waals surface area contributed by atoms with E-state index >= 15 is 0 Å². The van der Waals surface area contributed by atoms with E-state index in [1.54, 1.807) is 11.3 Å². The first-order chi connectivity index (χ1) is 10.6. The zero-order valence-electron chi connectivity index (χ0n) is 13.2. The first-order valence-electron chi connectivity index (χ1n) is 7.89. The van der Waals surface area contributed by atoms with Crippen LogP contribution in [0.3, 0.4) is 0 Å². The lowest BCUT2D eigenvalue weighted by molar-refractivity contribution is -0.130. The monoisotopic (exact) mass is 318 g/mol. The molecule has 0 N–H and O–H groups in total. The molecule has 2 aromatic heterocycles. The molecule has 3 rings (SSSR count). The van der Waals surface area contributed by atoms with E-state index in [0.717, 1.165) is 48.1 Å². The van der Waals surface area contributed by atoms with Gasteiger partial charge in [0.2, 0.25) is 11.0 Å². The number of hydrogen-bond donors (Lipinski definition) is 0. The normalized spacial score (nSPS) is 15.8. The second kappa shape index (κ2) is 6.60. The van der Waals surface area contributed by atoms with Gasteiger partial charge in [0.25, 0.3) is 0 Å². The van der Waals surface area contributed by atoms with Gasteiger partial charge in [-0.15, -0.1) is 11.3 Å². The number of aromatic nitrogens is 3. The van der Waals surface area contributed by atoms with E-state index in [-0.39, 0.29) is 5.91 Å². The summed E-state index contributed by atoms with van der Waals surface area (Å²) in [6.45, 7) is 5.78. The molecule has 0 atom stereocenters. The number of thiazole rings is 1. The number of nitrogens with zero attached hydrogens (tertiary/aromatic N) is 4. The largest absolute Gasteiger partial charge is 0.342 e. The first-order valence-corrected chi connectivity index (χ1v) is 8.77. The number of aryl methyl sites for hydroxylation is 2. The van der Waals surface area contributed by atoms with Crippen LogP contribution in [-0.4, -0.2) is 38.7 Å². The fraction of sp³-hybridized carbons (Fsp3) is 0.562. The minimum absolute atomic E-state index is 0.201. The van der Waals surface area contributed by atoms with Crippen molar-refractivity contribution in [2.75, 3.05) is 13.1 Å². The molecule has 1 amide bonds. The molecule has 1 saturated heterocycles. The van der Waals surface area contributed by atoms with Crippen molar-refractivity contribution in [2.24, 2.45) is 0 Å². The predicted molar refractivity (Wildman–Crippen MR) is 87.5 cm³/mol. The predicted octanol–water partition coefficient (Wildman–Crippen LogP) is 2.89. The lowest BCUT2D eigenvalue weighted by Crippen LogP contribution is -2.33. The van der Waals surface area contributed by atoms with Crippen LogP contribution < -0.4 is 0 Å². The fourth-order valence-corrected chi connectivity index (χ4v) is 3.72. The topological polar surface area (TPSA) is 51.0 Å². The Morgan fingerprint density at radius 1 is 1.23 bits per heavy atom. The summed E-state index contributed by atoms with van der Waals surface area (Å²) in [5.74, 6) is 0.201. The van der Waals surface area contributed by atoms with Gasteiger partial charge in [-0.1, -0.05) is 12.8 Å². The summed E-state index contributed by atoms with van der Waals surface area (Å²) in [5.41, 5.74) is 2.90. The van der Waals surface area contributed by atoms with Crippen molar-refractivity contribution in [1.29, 1.82) is 0 Å². The van der Waals surface area contributed by atoms with Gasteiger partial charge in [0.15, 0.2) is 0 Å². The quantitative estimate of drug-likeness (QED) is 0.874. The lowest BCUT2D eigenvalue weighted by Gasteiger charge is -2.19. The Labute approximate surface area is 135 Å². The summed E-state index contributed by atoms with van der Waals surface area (Å²) in [4.78, 5) is 19.0. The van der Waals surface area contributed by atoms with Gasteiger partial charge in [0, 0.05) is 24.2 Å². The van der Waals surface area contributed by atoms with Crippen LogP contribution >= 0.6 is 11.3 Å². The van der Waals surface area contributed by atoms with Crippen molar-refractivity contribution >= 4 is 17.2 Å². The highest BCUT2D eigenvalue weighted by Crippen LogP contribution is 2.18. The molecule has 1 aliphatic rings. The summed E-state index contributed by atoms with van der Waals surface area (Å²) in [6.07, 6.45) is 5.13. The van der Waals surface area contributed by atoms with Crippen LogP contribution in [0.15, 0.2) is 11.4 Å². The molecule has 1 fully saturated rings. The molecular weight excluding hydrogens is 296 g/mol. The van der Waals surface area contributed by atoms with E-state index in [1.807, 2.05) is 34.9 Å². The van der Waals surface area contributed by atoms with Crippen LogP contribution in [0, 0.1) is 13.8 Å². The highest BCUT2D eigenvalue weighted by molar-refractivity contribution is 7.12. The van der Waals surface area contributed by atoms with Gasteiger partial charge in [-0.3, -0.25) is 4.79 Å². The maximum atomic E-state index is 12.4. The highest BCUT2D eigenvalue weighted by Gasteiger charge is 2.17. The number of hydrogen-bond acceptors (Lipinski definition) is 4. The van der Waals surface area contributed by atoms with Crippen LogP contribution in [0.25, 0.3) is 5.13 Å². The average molecular weight is 318 g/mol. The number of amides is 1. The maximum Gasteiger partial charge on any atom is 0.228 e. The smallest absolute Gasteiger partial charge is 0.228 e. The zero-order valence-corrected chi connectivity index (χ0v) is 14.0. The van der Waals surface area contributed by atoms with Crippen LogP contribution in [0.1, 0.15) is 42.8 Å². The number of rotatable bonds is 3. The Morgan fingerprint density at radius 2 is 1.95 bits per heavy atom. The Morgan fingerprint density at radius 3 is 2.59 bits per heavy atom. The third-order valence-corrected chi connectivity index (χ3v) is 4.89. The molecule has 0 unspecified atom stereocenters. The summed E-state index contributed by atoms with van der Waals surface area (Å²) >= 11 is 1.54. The Balaban J connectivity index is 1.68. The van der Waals surface area contributed by atoms with Crippen LogP contribution in [0.4, 0.5) is 0 Å². The summed E-state index contributed by atoms with van der Waals surface area (Å²) in [6, 6.07) is 2.03. The van der Waals surface area contributed by atoms with E-state index in [4.69, 9.17) is 0 Å². The number of likely N-dealkylation sites (tertiary alicyclic amines) is 1. The summed E-state index contributed by atoms with van der Waals surface area (Å²) in [7, 11) is 0. The molecule has 6 heteroatoms. The molecule has 0 saturated carbocycles. The van der Waals surface area contributed by atoms with Crippen molar-refractivity contribution in [3.05, 3.63) is 28.5 Å². The summed E-state index contributed by atoms with van der Waals surface area (Å²) in [5, 5.41) is 7.26. The van der Waals surface area contributed by atoms with Crippen molar-refractivity contribution < 1.29 is 4.79 Å². The molecule has 0 radical (unpaired) electrons. The van der Waals surface area contributed by atoms with E-state index in [2.05, 4.69) is 10.1 Å². The van der Waals surface area contributed by atoms with Crippen LogP contribution in [0.5, 0.6) is 0 Å². The molecular formula is C16H22N4OS. The van der Waals surface area contributed by atoms with Crippen LogP contribution in [-0.2, 0) is 11.2 Å². The van der Waals surface area contributed by atoms with E-state index in [1.165, 1.54) is 12.8 Å². The minimum atomic E-state index is 0.201. The van der Waals surface area contributed by atoms with Crippen molar-refractivity contribution in [3.63, 3.8) is 0 Å². The SMILES string of the molecule is Cc1cc(C)n(-c2nc(CC(=O)N3CCCCCC3)cs2)n1. The standard InChI is InChI=1S/C16H22N4OS/c1-12-9-13(2)20(18-12)16-17-14(11-22-16)10-15(21)19-7-5-3-4-6-8-19/h9,11H,3-8,10H2,1-2H3. The van der Waals surface area contributed by atoms with Crippen molar-refractivity contribution in [2.45, 2.75) is 46.0 Å². The van der Waals surface area contributed by atoms with Gasteiger partial charge < -0.3 is 4.90 Å². The number of carbonyl (C=O) groups excluding carboxylic acids is 1. The van der Waals surface area contributed by atoms with Gasteiger partial charge in [0.1, 0.15) is 0 Å². The molecule has 5 nitrogen and oxygen atoms in total. The lowest BCUT2D eigenvalue weighted by atomic mass is 10.2. The zero-order chi connectivity index (χ0) is 15.5. The Kier molecular flexibility index (Phi) is 4.57. The third kappa shape index (κ3) is 3.38. The molecule has 2 aromatic rings. The molecule has 0 bridgehead atoms. The van der Waals surface area contributed by atoms with Crippen molar-refractivity contribution in [3.8, 4) is 5.13 Å². The summed E-state index contributed by atoms with van der Waals surface area (Å²) < 4.78 is 1.85. The van der Waals surface area contributed by atoms with E-state index < -0.39 is 0 Å². The first kappa shape index (κ1) is 15.2. The number of carbonyl (C=O) groups is 1. The molecule has 0 aromatic carbocycles. The van der Waals surface area contributed by atoms with Gasteiger partial charge in [-0.05, 0) is 32.8 Å². The maximum absolute atomic E-state index is 12.4. The Hall–Kier alpha value is -1.69. The molecule has 22 heavy (non-hydrogen) atoms. The average Bonchev–Trinajstić information content (AvgIpc) is 2.95. The Bertz CT molecular complexity index is 653. The molecule has 0 spiro atoms. The van der Waals surface area contributed by atoms with Crippen LogP contribution in [0.2, 0.25) is 0 Å². The van der Waals surface area contributed by atoms with Gasteiger partial charge in [0.05, 0.1) is 17.8 Å². The van der Waals surface area contributed by atoms with E-state index in [0.29, 0.717) is 6.42 Å². The second-order valence-corrected chi connectivity index (χ2v) is 6.77. The van der Waals surface area contributed by atoms with Gasteiger partial charge in [-0.2, -0.15) is 5.10 Å². The van der Waals surface area contributed by atoms with E-state index in [9.17, 15) is 4.79 Å². The second-order valence-electron chi connectivity index (χ2n) is 5.93. The highest BCUT2D eigenvalue weighted by atomic mass is 32.1. The minimum Gasteiger partial charge on any atom is -0.342 e. The molecule has 0 aliphatic carbocycles. The molecule has 3 heterocycles. The van der Waals surface area contributed by atoms with Gasteiger partial charge >= 0.3 is 0 Å². The third-order valence-electron chi connectivity index (χ3n) is 4.02. The molecule has 1 aliphatic heterocycles. The fourth-order valence-electron chi connectivity index (χ4n) is 2.88.